The van der Waals surface area contributed by atoms with Gasteiger partial charge in [0.1, 0.15) is 0 Å². The largest absolute Gasteiger partial charge is 0.342 e. The highest BCUT2D eigenvalue weighted by atomic mass is 16.2. The minimum atomic E-state index is 0.258. The van der Waals surface area contributed by atoms with E-state index in [1.807, 2.05) is 0 Å². The molecule has 0 saturated carbocycles. The van der Waals surface area contributed by atoms with Crippen molar-refractivity contribution < 1.29 is 4.79 Å². The van der Waals surface area contributed by atoms with E-state index < -0.39 is 0 Å². The van der Waals surface area contributed by atoms with E-state index in [2.05, 4.69) is 17.1 Å². The molecule has 2 heterocycles. The lowest BCUT2D eigenvalue weighted by Gasteiger charge is -2.26. The number of amides is 1. The first kappa shape index (κ1) is 9.97. The molecule has 0 spiro atoms. The van der Waals surface area contributed by atoms with Crippen molar-refractivity contribution >= 4 is 5.91 Å². The van der Waals surface area contributed by atoms with Gasteiger partial charge in [-0.1, -0.05) is 6.92 Å². The molecule has 0 radical (unpaired) electrons. The summed E-state index contributed by atoms with van der Waals surface area (Å²) in [5.41, 5.74) is 0. The van der Waals surface area contributed by atoms with E-state index in [0.29, 0.717) is 11.8 Å². The maximum Gasteiger partial charge on any atom is 0.226 e. The van der Waals surface area contributed by atoms with E-state index in [9.17, 15) is 4.79 Å². The van der Waals surface area contributed by atoms with Gasteiger partial charge in [-0.2, -0.15) is 0 Å². The van der Waals surface area contributed by atoms with Crippen LogP contribution in [-0.4, -0.2) is 37.0 Å². The van der Waals surface area contributed by atoms with E-state index in [-0.39, 0.29) is 5.92 Å². The molecular formula is C11H20N2O. The van der Waals surface area contributed by atoms with Gasteiger partial charge in [0.15, 0.2) is 0 Å². The van der Waals surface area contributed by atoms with Crippen LogP contribution in [0.5, 0.6) is 0 Å². The first-order chi connectivity index (χ1) is 6.77. The van der Waals surface area contributed by atoms with Gasteiger partial charge in [0.05, 0.1) is 5.92 Å². The summed E-state index contributed by atoms with van der Waals surface area (Å²) in [5.74, 6) is 1.35. The first-order valence-corrected chi connectivity index (χ1v) is 5.77. The second-order valence-corrected chi connectivity index (χ2v) is 4.72. The maximum absolute atomic E-state index is 12.0. The van der Waals surface area contributed by atoms with Crippen molar-refractivity contribution in [3.63, 3.8) is 0 Å². The summed E-state index contributed by atoms with van der Waals surface area (Å²) in [6, 6.07) is 0. The van der Waals surface area contributed by atoms with Gasteiger partial charge in [-0.25, -0.2) is 0 Å². The molecule has 80 valence electrons. The van der Waals surface area contributed by atoms with Crippen LogP contribution >= 0.6 is 0 Å². The van der Waals surface area contributed by atoms with Crippen LogP contribution in [0.2, 0.25) is 0 Å². The molecule has 0 aromatic heterocycles. The Morgan fingerprint density at radius 2 is 2.29 bits per heavy atom. The highest BCUT2D eigenvalue weighted by Crippen LogP contribution is 2.20. The van der Waals surface area contributed by atoms with E-state index in [0.717, 1.165) is 39.0 Å². The summed E-state index contributed by atoms with van der Waals surface area (Å²) < 4.78 is 0. The van der Waals surface area contributed by atoms with E-state index in [1.165, 1.54) is 6.42 Å². The second kappa shape index (κ2) is 4.30. The smallest absolute Gasteiger partial charge is 0.226 e. The summed E-state index contributed by atoms with van der Waals surface area (Å²) in [7, 11) is 0. The van der Waals surface area contributed by atoms with Gasteiger partial charge >= 0.3 is 0 Å². The second-order valence-electron chi connectivity index (χ2n) is 4.72. The number of nitrogens with one attached hydrogen (secondary N) is 1. The number of hydrogen-bond acceptors (Lipinski definition) is 2. The fourth-order valence-electron chi connectivity index (χ4n) is 2.46. The van der Waals surface area contributed by atoms with E-state index in [4.69, 9.17) is 0 Å². The van der Waals surface area contributed by atoms with Crippen molar-refractivity contribution in [2.75, 3.05) is 26.2 Å². The zero-order valence-electron chi connectivity index (χ0n) is 8.96. The summed E-state index contributed by atoms with van der Waals surface area (Å²) >= 11 is 0. The van der Waals surface area contributed by atoms with Gasteiger partial charge in [-0.15, -0.1) is 0 Å². The van der Waals surface area contributed by atoms with E-state index >= 15 is 0 Å². The standard InChI is InChI=1S/C11H20N2O/c1-9-4-6-13(8-9)11(14)10-3-2-5-12-7-10/h9-10,12H,2-8H2,1H3/t9?,10-/m1/s1. The van der Waals surface area contributed by atoms with Gasteiger partial charge in [0.2, 0.25) is 5.91 Å². The van der Waals surface area contributed by atoms with Crippen molar-refractivity contribution in [1.82, 2.24) is 10.2 Å². The summed E-state index contributed by atoms with van der Waals surface area (Å²) in [5, 5.41) is 3.30. The first-order valence-electron chi connectivity index (χ1n) is 5.77. The van der Waals surface area contributed by atoms with Crippen LogP contribution in [0.4, 0.5) is 0 Å². The lowest BCUT2D eigenvalue weighted by Crippen LogP contribution is -2.42. The SMILES string of the molecule is CC1CCN(C(=O)[C@@H]2CCCNC2)C1. The maximum atomic E-state index is 12.0. The Hall–Kier alpha value is -0.570. The Morgan fingerprint density at radius 3 is 2.86 bits per heavy atom. The molecule has 14 heavy (non-hydrogen) atoms. The third-order valence-corrected chi connectivity index (χ3v) is 3.38. The van der Waals surface area contributed by atoms with Crippen LogP contribution in [-0.2, 0) is 4.79 Å². The van der Waals surface area contributed by atoms with Crippen molar-refractivity contribution in [1.29, 1.82) is 0 Å². The van der Waals surface area contributed by atoms with Crippen LogP contribution in [0.1, 0.15) is 26.2 Å². The lowest BCUT2D eigenvalue weighted by atomic mass is 9.98. The van der Waals surface area contributed by atoms with Gasteiger partial charge in [-0.3, -0.25) is 4.79 Å². The molecule has 2 atom stereocenters. The fourth-order valence-corrected chi connectivity index (χ4v) is 2.46. The third kappa shape index (κ3) is 2.08. The topological polar surface area (TPSA) is 32.3 Å². The number of nitrogens with zero attached hydrogens (tertiary/aromatic N) is 1. The van der Waals surface area contributed by atoms with Gasteiger partial charge in [0, 0.05) is 19.6 Å². The average Bonchev–Trinajstić information content (AvgIpc) is 2.65. The molecule has 2 aliphatic heterocycles. The monoisotopic (exact) mass is 196 g/mol. The van der Waals surface area contributed by atoms with E-state index in [1.54, 1.807) is 0 Å². The number of carbonyl (C=O) groups excluding carboxylic acids is 1. The number of hydrogen-bond donors (Lipinski definition) is 1. The molecule has 3 nitrogen and oxygen atoms in total. The van der Waals surface area contributed by atoms with Crippen molar-refractivity contribution in [3.8, 4) is 0 Å². The van der Waals surface area contributed by atoms with Crippen LogP contribution < -0.4 is 5.32 Å². The van der Waals surface area contributed by atoms with Crippen molar-refractivity contribution in [2.24, 2.45) is 11.8 Å². The quantitative estimate of drug-likeness (QED) is 0.674. The molecule has 2 rings (SSSR count). The van der Waals surface area contributed by atoms with Crippen LogP contribution in [0.15, 0.2) is 0 Å². The highest BCUT2D eigenvalue weighted by Gasteiger charge is 2.29. The molecule has 1 N–H and O–H groups in total. The summed E-state index contributed by atoms with van der Waals surface area (Å²) in [6.45, 7) is 6.17. The number of piperidine rings is 1. The minimum absolute atomic E-state index is 0.258. The zero-order chi connectivity index (χ0) is 9.97. The lowest BCUT2D eigenvalue weighted by molar-refractivity contribution is -0.135. The fraction of sp³-hybridized carbons (Fsp3) is 0.909. The normalized spacial score (nSPS) is 33.4. The Bertz CT molecular complexity index is 205. The molecule has 0 aliphatic carbocycles. The van der Waals surface area contributed by atoms with Gasteiger partial charge in [-0.05, 0) is 31.7 Å². The summed E-state index contributed by atoms with van der Waals surface area (Å²) in [4.78, 5) is 14.1. The number of likely N-dealkylation sites (tertiary alicyclic amines) is 1. The molecule has 2 aliphatic rings. The number of rotatable bonds is 1. The van der Waals surface area contributed by atoms with Crippen molar-refractivity contribution in [3.05, 3.63) is 0 Å². The third-order valence-electron chi connectivity index (χ3n) is 3.38. The Kier molecular flexibility index (Phi) is 3.06. The molecule has 2 fully saturated rings. The van der Waals surface area contributed by atoms with Gasteiger partial charge < -0.3 is 10.2 Å². The molecule has 0 bridgehead atoms. The molecule has 3 heteroatoms. The predicted molar refractivity (Wildman–Crippen MR) is 56.0 cm³/mol. The van der Waals surface area contributed by atoms with Crippen molar-refractivity contribution in [2.45, 2.75) is 26.2 Å². The molecule has 1 amide bonds. The van der Waals surface area contributed by atoms with Crippen LogP contribution in [0.3, 0.4) is 0 Å². The molecule has 2 saturated heterocycles. The molecule has 0 aromatic carbocycles. The highest BCUT2D eigenvalue weighted by molar-refractivity contribution is 5.79. The van der Waals surface area contributed by atoms with Gasteiger partial charge in [0.25, 0.3) is 0 Å². The summed E-state index contributed by atoms with van der Waals surface area (Å²) in [6.07, 6.45) is 3.42. The predicted octanol–water partition coefficient (Wildman–Crippen LogP) is 0.854. The van der Waals surface area contributed by atoms with Crippen LogP contribution in [0, 0.1) is 11.8 Å². The number of carbonyl (C=O) groups is 1. The van der Waals surface area contributed by atoms with Crippen LogP contribution in [0.25, 0.3) is 0 Å². The molecule has 0 aromatic rings. The zero-order valence-corrected chi connectivity index (χ0v) is 8.96. The minimum Gasteiger partial charge on any atom is -0.342 e. The Labute approximate surface area is 85.8 Å². The molecular weight excluding hydrogens is 176 g/mol. The average molecular weight is 196 g/mol. The Balaban J connectivity index is 1.87. The Morgan fingerprint density at radius 1 is 1.43 bits per heavy atom. The molecule has 1 unspecified atom stereocenters.